The molecule has 0 bridgehead atoms. The first kappa shape index (κ1) is 17.0. The van der Waals surface area contributed by atoms with Crippen molar-refractivity contribution in [3.05, 3.63) is 42.0 Å². The van der Waals surface area contributed by atoms with Crippen LogP contribution >= 0.6 is 0 Å². The number of methoxy groups -OCH3 is 1. The first-order valence-electron chi connectivity index (χ1n) is 7.36. The van der Waals surface area contributed by atoms with Gasteiger partial charge in [0.1, 0.15) is 12.1 Å². The highest BCUT2D eigenvalue weighted by Crippen LogP contribution is 2.18. The third-order valence-electron chi connectivity index (χ3n) is 3.14. The van der Waals surface area contributed by atoms with Crippen LogP contribution in [0.2, 0.25) is 0 Å². The van der Waals surface area contributed by atoms with E-state index in [0.717, 1.165) is 11.3 Å². The van der Waals surface area contributed by atoms with E-state index < -0.39 is 0 Å². The first-order valence-corrected chi connectivity index (χ1v) is 7.36. The molecule has 7 heteroatoms. The third kappa shape index (κ3) is 5.37. The summed E-state index contributed by atoms with van der Waals surface area (Å²) in [6.45, 7) is 1.97. The number of nitrogens with zero attached hydrogens (tertiary/aromatic N) is 2. The van der Waals surface area contributed by atoms with E-state index >= 15 is 0 Å². The second kappa shape index (κ2) is 8.89. The maximum atomic E-state index is 12.9. The summed E-state index contributed by atoms with van der Waals surface area (Å²) in [7, 11) is 3.37. The molecule has 0 aliphatic rings. The van der Waals surface area contributed by atoms with Crippen LogP contribution in [0.4, 0.5) is 4.39 Å². The molecule has 0 atom stereocenters. The van der Waals surface area contributed by atoms with Crippen LogP contribution in [0.5, 0.6) is 0 Å². The summed E-state index contributed by atoms with van der Waals surface area (Å²) in [6.07, 6.45) is 2.30. The monoisotopic (exact) mass is 320 g/mol. The second-order valence-electron chi connectivity index (χ2n) is 4.82. The number of hydrogen-bond donors (Lipinski definition) is 2. The summed E-state index contributed by atoms with van der Waals surface area (Å²) >= 11 is 0. The maximum absolute atomic E-state index is 12.9. The van der Waals surface area contributed by atoms with Crippen molar-refractivity contribution in [2.45, 2.75) is 6.42 Å². The van der Waals surface area contributed by atoms with Crippen LogP contribution in [0.25, 0.3) is 11.5 Å². The van der Waals surface area contributed by atoms with E-state index in [1.807, 2.05) is 0 Å². The lowest BCUT2D eigenvalue weighted by Crippen LogP contribution is -2.39. The van der Waals surface area contributed by atoms with Crippen molar-refractivity contribution in [2.75, 3.05) is 33.9 Å². The maximum Gasteiger partial charge on any atom is 0.226 e. The van der Waals surface area contributed by atoms with Gasteiger partial charge in [0.2, 0.25) is 5.89 Å². The fourth-order valence-electron chi connectivity index (χ4n) is 1.95. The zero-order chi connectivity index (χ0) is 16.5. The molecule has 0 aliphatic carbocycles. The van der Waals surface area contributed by atoms with Crippen LogP contribution in [-0.2, 0) is 11.2 Å². The molecule has 0 saturated heterocycles. The van der Waals surface area contributed by atoms with E-state index in [-0.39, 0.29) is 5.82 Å². The van der Waals surface area contributed by atoms with E-state index in [9.17, 15) is 4.39 Å². The number of ether oxygens (including phenoxy) is 1. The number of oxazole rings is 1. The molecule has 6 nitrogen and oxygen atoms in total. The largest absolute Gasteiger partial charge is 0.444 e. The summed E-state index contributed by atoms with van der Waals surface area (Å²) in [4.78, 5) is 8.51. The van der Waals surface area contributed by atoms with Gasteiger partial charge in [-0.2, -0.15) is 0 Å². The number of nitrogens with one attached hydrogen (secondary N) is 2. The van der Waals surface area contributed by atoms with Crippen LogP contribution in [0.1, 0.15) is 5.69 Å². The molecule has 23 heavy (non-hydrogen) atoms. The zero-order valence-electron chi connectivity index (χ0n) is 13.3. The van der Waals surface area contributed by atoms with Gasteiger partial charge in [0.05, 0.1) is 12.3 Å². The first-order chi connectivity index (χ1) is 11.2. The number of guanidine groups is 1. The van der Waals surface area contributed by atoms with E-state index in [0.29, 0.717) is 38.0 Å². The molecule has 0 spiro atoms. The van der Waals surface area contributed by atoms with E-state index in [2.05, 4.69) is 20.6 Å². The topological polar surface area (TPSA) is 71.7 Å². The lowest BCUT2D eigenvalue weighted by Gasteiger charge is -2.10. The molecule has 124 valence electrons. The van der Waals surface area contributed by atoms with Gasteiger partial charge in [-0.15, -0.1) is 0 Å². The van der Waals surface area contributed by atoms with Crippen molar-refractivity contribution in [1.82, 2.24) is 15.6 Å². The molecule has 1 heterocycles. The van der Waals surface area contributed by atoms with Gasteiger partial charge in [0.25, 0.3) is 0 Å². The molecule has 2 aromatic rings. The Bertz CT molecular complexity index is 625. The number of halogens is 1. The van der Waals surface area contributed by atoms with Gasteiger partial charge in [-0.05, 0) is 24.3 Å². The molecule has 0 aliphatic heterocycles. The predicted octanol–water partition coefficient (Wildman–Crippen LogP) is 1.83. The lowest BCUT2D eigenvalue weighted by atomic mass is 10.2. The minimum atomic E-state index is -0.280. The smallest absolute Gasteiger partial charge is 0.226 e. The van der Waals surface area contributed by atoms with E-state index in [1.54, 1.807) is 32.6 Å². The molecule has 0 amide bonds. The van der Waals surface area contributed by atoms with Crippen LogP contribution in [-0.4, -0.2) is 44.8 Å². The van der Waals surface area contributed by atoms with Crippen molar-refractivity contribution in [3.63, 3.8) is 0 Å². The summed E-state index contributed by atoms with van der Waals surface area (Å²) in [5.41, 5.74) is 1.58. The number of benzene rings is 1. The summed E-state index contributed by atoms with van der Waals surface area (Å²) in [6, 6.07) is 6.06. The van der Waals surface area contributed by atoms with Crippen LogP contribution in [0.3, 0.4) is 0 Å². The number of hydrogen-bond acceptors (Lipinski definition) is 4. The van der Waals surface area contributed by atoms with Gasteiger partial charge in [-0.3, -0.25) is 4.99 Å². The minimum Gasteiger partial charge on any atom is -0.444 e. The highest BCUT2D eigenvalue weighted by molar-refractivity contribution is 5.79. The Balaban J connectivity index is 1.81. The standard InChI is InChI=1S/C16H21FN4O2/c1-18-16(20-9-10-22-2)19-8-7-14-11-23-15(21-14)12-3-5-13(17)6-4-12/h3-6,11H,7-10H2,1-2H3,(H2,18,19,20). The second-order valence-corrected chi connectivity index (χ2v) is 4.82. The molecule has 0 fully saturated rings. The molecule has 2 N–H and O–H groups in total. The summed E-state index contributed by atoms with van der Waals surface area (Å²) in [5.74, 6) is 0.920. The fraction of sp³-hybridized carbons (Fsp3) is 0.375. The van der Waals surface area contributed by atoms with Gasteiger partial charge < -0.3 is 19.8 Å². The molecule has 0 saturated carbocycles. The third-order valence-corrected chi connectivity index (χ3v) is 3.14. The Morgan fingerprint density at radius 2 is 2.00 bits per heavy atom. The number of aromatic nitrogens is 1. The van der Waals surface area contributed by atoms with Gasteiger partial charge in [0.15, 0.2) is 5.96 Å². The molecule has 1 aromatic heterocycles. The highest BCUT2D eigenvalue weighted by Gasteiger charge is 2.07. The van der Waals surface area contributed by atoms with Crippen molar-refractivity contribution in [1.29, 1.82) is 0 Å². The predicted molar refractivity (Wildman–Crippen MR) is 86.8 cm³/mol. The average Bonchev–Trinajstić information content (AvgIpc) is 3.03. The Kier molecular flexibility index (Phi) is 6.56. The molecule has 2 rings (SSSR count). The average molecular weight is 320 g/mol. The molecular weight excluding hydrogens is 299 g/mol. The molecule has 0 radical (unpaired) electrons. The normalized spacial score (nSPS) is 11.5. The SMILES string of the molecule is CN=C(NCCOC)NCCc1coc(-c2ccc(F)cc2)n1. The van der Waals surface area contributed by atoms with Gasteiger partial charge in [0, 0.05) is 39.2 Å². The van der Waals surface area contributed by atoms with E-state index in [1.165, 1.54) is 12.1 Å². The Hall–Kier alpha value is -2.41. The van der Waals surface area contributed by atoms with Crippen LogP contribution in [0, 0.1) is 5.82 Å². The molecule has 1 aromatic carbocycles. The van der Waals surface area contributed by atoms with Crippen molar-refractivity contribution in [2.24, 2.45) is 4.99 Å². The van der Waals surface area contributed by atoms with Crippen molar-refractivity contribution < 1.29 is 13.5 Å². The van der Waals surface area contributed by atoms with Crippen molar-refractivity contribution >= 4 is 5.96 Å². The Labute approximate surface area is 134 Å². The number of rotatable bonds is 7. The Morgan fingerprint density at radius 3 is 2.70 bits per heavy atom. The molecular formula is C16H21FN4O2. The van der Waals surface area contributed by atoms with Crippen LogP contribution in [0.15, 0.2) is 39.9 Å². The van der Waals surface area contributed by atoms with Crippen molar-refractivity contribution in [3.8, 4) is 11.5 Å². The summed E-state index contributed by atoms with van der Waals surface area (Å²) < 4.78 is 23.3. The lowest BCUT2D eigenvalue weighted by molar-refractivity contribution is 0.203. The Morgan fingerprint density at radius 1 is 1.26 bits per heavy atom. The van der Waals surface area contributed by atoms with E-state index in [4.69, 9.17) is 9.15 Å². The highest BCUT2D eigenvalue weighted by atomic mass is 19.1. The van der Waals surface area contributed by atoms with Gasteiger partial charge in [-0.25, -0.2) is 9.37 Å². The van der Waals surface area contributed by atoms with Gasteiger partial charge in [-0.1, -0.05) is 0 Å². The van der Waals surface area contributed by atoms with Crippen LogP contribution < -0.4 is 10.6 Å². The summed E-state index contributed by atoms with van der Waals surface area (Å²) in [5, 5.41) is 6.31. The zero-order valence-corrected chi connectivity index (χ0v) is 13.3. The number of aliphatic imine (C=N–C) groups is 1. The van der Waals surface area contributed by atoms with Gasteiger partial charge >= 0.3 is 0 Å². The quantitative estimate of drug-likeness (QED) is 0.463. The minimum absolute atomic E-state index is 0.280. The molecule has 0 unspecified atom stereocenters. The fourth-order valence-corrected chi connectivity index (χ4v) is 1.95.